The fourth-order valence-corrected chi connectivity index (χ4v) is 4.57. The molecule has 0 aliphatic carbocycles. The van der Waals surface area contributed by atoms with Gasteiger partial charge in [0.2, 0.25) is 17.8 Å². The molecular formula is C29H35F3N4O8. The molecule has 3 heterocycles. The number of ether oxygens (including phenoxy) is 2. The van der Waals surface area contributed by atoms with Crippen LogP contribution in [0.2, 0.25) is 0 Å². The number of nitrogens with zero attached hydrogens (tertiary/aromatic N) is 2. The summed E-state index contributed by atoms with van der Waals surface area (Å²) in [4.78, 5) is 60.2. The largest absolute Gasteiger partial charge is 0.505 e. The van der Waals surface area contributed by atoms with E-state index in [1.54, 1.807) is 20.8 Å². The maximum atomic E-state index is 14.8. The highest BCUT2D eigenvalue weighted by atomic mass is 19.2. The Bertz CT molecular complexity index is 1430. The average Bonchev–Trinajstić information content (AvgIpc) is 2.97. The number of rotatable bonds is 6. The molecule has 0 spiro atoms. The van der Waals surface area contributed by atoms with Crippen molar-refractivity contribution in [3.05, 3.63) is 52.9 Å². The van der Waals surface area contributed by atoms with Gasteiger partial charge in [-0.1, -0.05) is 20.8 Å². The first-order valence-corrected chi connectivity index (χ1v) is 13.9. The number of aliphatic hydroxyl groups excluding tert-OH is 1. The zero-order valence-corrected chi connectivity index (χ0v) is 24.9. The summed E-state index contributed by atoms with van der Waals surface area (Å²) in [5.41, 5.74) is -1.24. The number of aromatic hydroxyl groups is 1. The summed E-state index contributed by atoms with van der Waals surface area (Å²) < 4.78 is 53.6. The van der Waals surface area contributed by atoms with Crippen molar-refractivity contribution in [2.45, 2.75) is 78.4 Å². The maximum absolute atomic E-state index is 14.8. The van der Waals surface area contributed by atoms with Crippen molar-refractivity contribution in [1.29, 1.82) is 0 Å². The van der Waals surface area contributed by atoms with Gasteiger partial charge in [0.05, 0.1) is 18.1 Å². The van der Waals surface area contributed by atoms with Gasteiger partial charge in [-0.25, -0.2) is 19.2 Å². The van der Waals surface area contributed by atoms with Crippen LogP contribution in [0.5, 0.6) is 5.75 Å². The average molecular weight is 625 g/mol. The number of carbonyl (C=O) groups excluding carboxylic acids is 4. The third-order valence-corrected chi connectivity index (χ3v) is 7.74. The number of halogens is 3. The van der Waals surface area contributed by atoms with Crippen LogP contribution in [0.1, 0.15) is 56.4 Å². The molecule has 0 saturated carbocycles. The molecule has 4 N–H and O–H groups in total. The Balaban J connectivity index is 2.10. The summed E-state index contributed by atoms with van der Waals surface area (Å²) in [7, 11) is 0. The molecule has 1 saturated heterocycles. The normalized spacial score (nSPS) is 25.7. The summed E-state index contributed by atoms with van der Waals surface area (Å²) in [6.45, 7) is 8.84. The number of hydrogen-bond acceptors (Lipinski definition) is 10. The van der Waals surface area contributed by atoms with Crippen molar-refractivity contribution in [2.24, 2.45) is 17.8 Å². The molecule has 0 aromatic carbocycles. The van der Waals surface area contributed by atoms with E-state index in [0.29, 0.717) is 0 Å². The Hall–Kier alpha value is -4.27. The fraction of sp³-hybridized carbons (Fsp3) is 0.517. The minimum absolute atomic E-state index is 0.200. The van der Waals surface area contributed by atoms with Gasteiger partial charge in [-0.15, -0.1) is 0 Å². The van der Waals surface area contributed by atoms with Gasteiger partial charge < -0.3 is 30.3 Å². The summed E-state index contributed by atoms with van der Waals surface area (Å²) in [5.74, 6) is -12.1. The molecule has 2 aromatic rings. The highest BCUT2D eigenvalue weighted by Gasteiger charge is 2.42. The van der Waals surface area contributed by atoms with E-state index in [4.69, 9.17) is 9.47 Å². The quantitative estimate of drug-likeness (QED) is 0.274. The van der Waals surface area contributed by atoms with E-state index in [2.05, 4.69) is 20.6 Å². The number of carbonyl (C=O) groups is 4. The van der Waals surface area contributed by atoms with Gasteiger partial charge in [-0.3, -0.25) is 14.4 Å². The predicted molar refractivity (Wildman–Crippen MR) is 146 cm³/mol. The number of hydrogen-bond donors (Lipinski definition) is 4. The van der Waals surface area contributed by atoms with Crippen LogP contribution in [-0.4, -0.2) is 74.3 Å². The first-order valence-electron chi connectivity index (χ1n) is 13.9. The molecule has 0 bridgehead atoms. The van der Waals surface area contributed by atoms with Gasteiger partial charge in [-0.2, -0.15) is 8.78 Å². The van der Waals surface area contributed by atoms with E-state index in [-0.39, 0.29) is 11.6 Å². The van der Waals surface area contributed by atoms with Crippen LogP contribution in [0.3, 0.4) is 0 Å². The van der Waals surface area contributed by atoms with Crippen molar-refractivity contribution in [2.75, 3.05) is 0 Å². The van der Waals surface area contributed by atoms with Gasteiger partial charge in [0.15, 0.2) is 11.5 Å². The highest BCUT2D eigenvalue weighted by molar-refractivity contribution is 5.98. The Labute approximate surface area is 251 Å². The number of aromatic nitrogens is 2. The SMILES string of the molecule is Cc1nc(F)c(F)c(F)c1C[C@@H]1NC(=O)[C@@H](NC(=O)c2ncccc2O)[C@@H](C)OC(=O)C(C(C)C(C)C)OC(=O)[C@H](C)[C@@H]1O. The summed E-state index contributed by atoms with van der Waals surface area (Å²) in [5, 5.41) is 26.1. The minimum atomic E-state index is -1.88. The number of aryl methyl sites for hydroxylation is 1. The first-order chi connectivity index (χ1) is 20.5. The predicted octanol–water partition coefficient (Wildman–Crippen LogP) is 1.88. The zero-order valence-electron chi connectivity index (χ0n) is 24.9. The lowest BCUT2D eigenvalue weighted by Crippen LogP contribution is -2.59. The number of aliphatic hydroxyl groups is 1. The third-order valence-electron chi connectivity index (χ3n) is 7.74. The fourth-order valence-electron chi connectivity index (χ4n) is 4.57. The standard InChI is InChI=1S/C29H35F3N4O8/c1-11(2)12(3)24-29(42)43-15(6)21(36-27(40)22-18(37)8-7-9-33-22)26(39)35-17(23(38)13(4)28(41)44-24)10-16-14(5)34-25(32)20(31)19(16)30/h7-9,11-13,15,17,21,23-24,37-38H,10H2,1-6H3,(H,35,39)(H,36,40)/t12?,13-,15-,17+,21+,23+,24?/m1/s1. The molecule has 2 amide bonds. The van der Waals surface area contributed by atoms with E-state index >= 15 is 0 Å². The van der Waals surface area contributed by atoms with Gasteiger partial charge >= 0.3 is 11.9 Å². The van der Waals surface area contributed by atoms with Crippen LogP contribution < -0.4 is 10.6 Å². The van der Waals surface area contributed by atoms with Crippen molar-refractivity contribution in [3.8, 4) is 5.75 Å². The molecule has 240 valence electrons. The summed E-state index contributed by atoms with van der Waals surface area (Å²) >= 11 is 0. The smallest absolute Gasteiger partial charge is 0.348 e. The molecule has 0 radical (unpaired) electrons. The third kappa shape index (κ3) is 7.44. The molecule has 3 rings (SSSR count). The van der Waals surface area contributed by atoms with Crippen molar-refractivity contribution < 1.29 is 52.0 Å². The molecular weight excluding hydrogens is 589 g/mol. The molecule has 1 fully saturated rings. The Morgan fingerprint density at radius 1 is 1.09 bits per heavy atom. The summed E-state index contributed by atoms with van der Waals surface area (Å²) in [6, 6.07) is -0.718. The monoisotopic (exact) mass is 624 g/mol. The number of nitrogens with one attached hydrogen (secondary N) is 2. The van der Waals surface area contributed by atoms with Gasteiger partial charge in [0.1, 0.15) is 17.9 Å². The van der Waals surface area contributed by atoms with E-state index in [1.165, 1.54) is 39.1 Å². The van der Waals surface area contributed by atoms with E-state index in [9.17, 15) is 42.6 Å². The van der Waals surface area contributed by atoms with E-state index < -0.39 is 107 Å². The molecule has 7 atom stereocenters. The second-order valence-electron chi connectivity index (χ2n) is 11.1. The van der Waals surface area contributed by atoms with Crippen LogP contribution >= 0.6 is 0 Å². The lowest BCUT2D eigenvalue weighted by atomic mass is 9.90. The molecule has 12 nitrogen and oxygen atoms in total. The molecule has 1 aliphatic rings. The Morgan fingerprint density at radius 2 is 1.75 bits per heavy atom. The van der Waals surface area contributed by atoms with E-state index in [1.807, 2.05) is 0 Å². The Morgan fingerprint density at radius 3 is 2.36 bits per heavy atom. The lowest BCUT2D eigenvalue weighted by molar-refractivity contribution is -0.182. The number of esters is 2. The second kappa shape index (κ2) is 14.0. The van der Waals surface area contributed by atoms with Crippen LogP contribution in [0.25, 0.3) is 0 Å². The maximum Gasteiger partial charge on any atom is 0.348 e. The zero-order chi connectivity index (χ0) is 33.0. The molecule has 44 heavy (non-hydrogen) atoms. The molecule has 15 heteroatoms. The molecule has 2 unspecified atom stereocenters. The number of amides is 2. The van der Waals surface area contributed by atoms with Crippen LogP contribution in [0.4, 0.5) is 13.2 Å². The number of pyridine rings is 2. The topological polar surface area (TPSA) is 177 Å². The van der Waals surface area contributed by atoms with Crippen LogP contribution in [0, 0.1) is 42.3 Å². The summed E-state index contributed by atoms with van der Waals surface area (Å²) in [6.07, 6.45) is -4.20. The van der Waals surface area contributed by atoms with Crippen LogP contribution in [0.15, 0.2) is 18.3 Å². The molecule has 1 aliphatic heterocycles. The van der Waals surface area contributed by atoms with Crippen LogP contribution in [-0.2, 0) is 30.3 Å². The Kier molecular flexibility index (Phi) is 10.9. The highest BCUT2D eigenvalue weighted by Crippen LogP contribution is 2.25. The van der Waals surface area contributed by atoms with Crippen molar-refractivity contribution in [3.63, 3.8) is 0 Å². The first kappa shape index (κ1) is 34.2. The van der Waals surface area contributed by atoms with Gasteiger partial charge in [0.25, 0.3) is 11.9 Å². The number of cyclic esters (lactones) is 2. The minimum Gasteiger partial charge on any atom is -0.505 e. The second-order valence-corrected chi connectivity index (χ2v) is 11.1. The van der Waals surface area contributed by atoms with Gasteiger partial charge in [-0.05, 0) is 45.2 Å². The van der Waals surface area contributed by atoms with Crippen molar-refractivity contribution in [1.82, 2.24) is 20.6 Å². The lowest BCUT2D eigenvalue weighted by Gasteiger charge is -2.34. The van der Waals surface area contributed by atoms with Crippen molar-refractivity contribution >= 4 is 23.8 Å². The molecule has 2 aromatic heterocycles. The van der Waals surface area contributed by atoms with E-state index in [0.717, 1.165) is 0 Å². The van der Waals surface area contributed by atoms with Gasteiger partial charge in [0, 0.05) is 23.4 Å².